The number of benzene rings is 1. The first-order chi connectivity index (χ1) is 11.6. The summed E-state index contributed by atoms with van der Waals surface area (Å²) in [5, 5.41) is 3.67. The molecule has 5 nitrogen and oxygen atoms in total. The van der Waals surface area contributed by atoms with Crippen LogP contribution in [0.3, 0.4) is 0 Å². The Morgan fingerprint density at radius 1 is 1.38 bits per heavy atom. The number of amides is 2. The second kappa shape index (κ2) is 7.64. The molecule has 0 unspecified atom stereocenters. The smallest absolute Gasteiger partial charge is 0.318 e. The lowest BCUT2D eigenvalue weighted by Gasteiger charge is -2.34. The number of hydrogen-bond acceptors (Lipinski definition) is 3. The van der Waals surface area contributed by atoms with E-state index in [1.165, 1.54) is 0 Å². The van der Waals surface area contributed by atoms with Gasteiger partial charge in [0.25, 0.3) is 0 Å². The second-order valence-corrected chi connectivity index (χ2v) is 6.19. The van der Waals surface area contributed by atoms with Crippen LogP contribution in [0.25, 0.3) is 0 Å². The zero-order valence-corrected chi connectivity index (χ0v) is 14.2. The van der Waals surface area contributed by atoms with Gasteiger partial charge in [-0.05, 0) is 24.6 Å². The molecule has 0 saturated carbocycles. The third-order valence-corrected chi connectivity index (χ3v) is 4.47. The van der Waals surface area contributed by atoms with Gasteiger partial charge >= 0.3 is 6.03 Å². The maximum absolute atomic E-state index is 12.5. The van der Waals surface area contributed by atoms with Crippen molar-refractivity contribution in [1.82, 2.24) is 15.2 Å². The molecule has 1 aromatic carbocycles. The highest BCUT2D eigenvalue weighted by molar-refractivity contribution is 6.31. The minimum Gasteiger partial charge on any atom is -0.370 e. The molecular weight excluding hydrogens is 326 g/mol. The Balaban J connectivity index is 1.64. The molecule has 0 spiro atoms. The molecule has 3 rings (SSSR count). The summed E-state index contributed by atoms with van der Waals surface area (Å²) in [4.78, 5) is 18.4. The fourth-order valence-corrected chi connectivity index (χ4v) is 3.01. The van der Waals surface area contributed by atoms with Gasteiger partial charge in [0.05, 0.1) is 19.2 Å². The van der Waals surface area contributed by atoms with Gasteiger partial charge in [0.15, 0.2) is 0 Å². The van der Waals surface area contributed by atoms with E-state index in [1.54, 1.807) is 17.3 Å². The van der Waals surface area contributed by atoms with Crippen LogP contribution < -0.4 is 5.32 Å². The lowest BCUT2D eigenvalue weighted by Crippen LogP contribution is -2.47. The number of halogens is 1. The third-order valence-electron chi connectivity index (χ3n) is 4.13. The second-order valence-electron chi connectivity index (χ2n) is 5.78. The van der Waals surface area contributed by atoms with Crippen molar-refractivity contribution in [3.63, 3.8) is 0 Å². The van der Waals surface area contributed by atoms with Gasteiger partial charge < -0.3 is 15.0 Å². The largest absolute Gasteiger partial charge is 0.370 e. The highest BCUT2D eigenvalue weighted by Crippen LogP contribution is 2.28. The first-order valence-corrected chi connectivity index (χ1v) is 8.34. The monoisotopic (exact) mass is 345 g/mol. The van der Waals surface area contributed by atoms with E-state index in [9.17, 15) is 4.79 Å². The van der Waals surface area contributed by atoms with Crippen LogP contribution in [0, 0.1) is 0 Å². The number of nitrogens with zero attached hydrogens (tertiary/aromatic N) is 2. The lowest BCUT2D eigenvalue weighted by atomic mass is 10.1. The average Bonchev–Trinajstić information content (AvgIpc) is 2.63. The van der Waals surface area contributed by atoms with Crippen molar-refractivity contribution < 1.29 is 9.53 Å². The van der Waals surface area contributed by atoms with Crippen molar-refractivity contribution in [2.75, 3.05) is 19.7 Å². The van der Waals surface area contributed by atoms with Gasteiger partial charge in [-0.2, -0.15) is 0 Å². The molecule has 6 heteroatoms. The number of carbonyl (C=O) groups is 1. The normalized spacial score (nSPS) is 18.9. The predicted molar refractivity (Wildman–Crippen MR) is 92.9 cm³/mol. The Morgan fingerprint density at radius 3 is 2.96 bits per heavy atom. The number of rotatable bonds is 3. The molecule has 2 aromatic rings. The van der Waals surface area contributed by atoms with Crippen LogP contribution in [0.5, 0.6) is 0 Å². The molecule has 2 heterocycles. The van der Waals surface area contributed by atoms with Crippen LogP contribution in [-0.2, 0) is 4.74 Å². The van der Waals surface area contributed by atoms with Gasteiger partial charge in [0.2, 0.25) is 0 Å². The molecule has 2 atom stereocenters. The number of carbonyl (C=O) groups excluding carboxylic acids is 1. The maximum atomic E-state index is 12.5. The standard InChI is InChI=1S/C18H20ClN3O2/c1-13(14-5-4-8-20-11-14)21-18(23)22-9-10-24-17(12-22)15-6-2-3-7-16(15)19/h2-8,11,13,17H,9-10,12H2,1H3,(H,21,23)/t13-,17+/m0/s1. The van der Waals surface area contributed by atoms with E-state index >= 15 is 0 Å². The molecule has 0 radical (unpaired) electrons. The van der Waals surface area contributed by atoms with Crippen LogP contribution in [-0.4, -0.2) is 35.6 Å². The molecule has 1 saturated heterocycles. The summed E-state index contributed by atoms with van der Waals surface area (Å²) < 4.78 is 5.80. The molecule has 1 aliphatic heterocycles. The van der Waals surface area contributed by atoms with Crippen LogP contribution >= 0.6 is 11.6 Å². The number of pyridine rings is 1. The Morgan fingerprint density at radius 2 is 2.21 bits per heavy atom. The first-order valence-electron chi connectivity index (χ1n) is 7.96. The van der Waals surface area contributed by atoms with E-state index in [4.69, 9.17) is 16.3 Å². The Hall–Kier alpha value is -2.11. The van der Waals surface area contributed by atoms with Gasteiger partial charge in [-0.1, -0.05) is 35.9 Å². The lowest BCUT2D eigenvalue weighted by molar-refractivity contribution is -0.0156. The van der Waals surface area contributed by atoms with Crippen molar-refractivity contribution in [2.45, 2.75) is 19.1 Å². The van der Waals surface area contributed by atoms with Crippen molar-refractivity contribution in [2.24, 2.45) is 0 Å². The van der Waals surface area contributed by atoms with E-state index in [2.05, 4.69) is 10.3 Å². The van der Waals surface area contributed by atoms with Crippen LogP contribution in [0.15, 0.2) is 48.8 Å². The van der Waals surface area contributed by atoms with E-state index in [-0.39, 0.29) is 18.2 Å². The summed E-state index contributed by atoms with van der Waals surface area (Å²) in [6.45, 7) is 3.48. The minimum absolute atomic E-state index is 0.104. The summed E-state index contributed by atoms with van der Waals surface area (Å²) in [5.41, 5.74) is 1.89. The Labute approximate surface area is 146 Å². The van der Waals surface area contributed by atoms with Crippen molar-refractivity contribution >= 4 is 17.6 Å². The van der Waals surface area contributed by atoms with E-state index in [0.717, 1.165) is 11.1 Å². The fraction of sp³-hybridized carbons (Fsp3) is 0.333. The highest BCUT2D eigenvalue weighted by Gasteiger charge is 2.27. The van der Waals surface area contributed by atoms with Gasteiger partial charge in [0, 0.05) is 29.5 Å². The van der Waals surface area contributed by atoms with Gasteiger partial charge in [0.1, 0.15) is 6.10 Å². The van der Waals surface area contributed by atoms with Crippen molar-refractivity contribution in [1.29, 1.82) is 0 Å². The number of urea groups is 1. The zero-order valence-electron chi connectivity index (χ0n) is 13.5. The molecule has 0 aliphatic carbocycles. The van der Waals surface area contributed by atoms with Crippen LogP contribution in [0.4, 0.5) is 4.79 Å². The molecule has 126 valence electrons. The van der Waals surface area contributed by atoms with Crippen LogP contribution in [0.1, 0.15) is 30.2 Å². The van der Waals surface area contributed by atoms with Crippen LogP contribution in [0.2, 0.25) is 5.02 Å². The summed E-state index contributed by atoms with van der Waals surface area (Å²) >= 11 is 6.24. The quantitative estimate of drug-likeness (QED) is 0.925. The summed E-state index contributed by atoms with van der Waals surface area (Å²) in [7, 11) is 0. The first kappa shape index (κ1) is 16.7. The maximum Gasteiger partial charge on any atom is 0.318 e. The number of morpholine rings is 1. The number of ether oxygens (including phenoxy) is 1. The highest BCUT2D eigenvalue weighted by atomic mass is 35.5. The van der Waals surface area contributed by atoms with Gasteiger partial charge in [-0.15, -0.1) is 0 Å². The molecule has 1 aliphatic rings. The number of aromatic nitrogens is 1. The molecule has 24 heavy (non-hydrogen) atoms. The predicted octanol–water partition coefficient (Wildman–Crippen LogP) is 3.58. The SMILES string of the molecule is C[C@H](NC(=O)N1CCO[C@@H](c2ccccc2Cl)C1)c1cccnc1. The summed E-state index contributed by atoms with van der Waals surface area (Å²) in [6, 6.07) is 11.2. The summed E-state index contributed by atoms with van der Waals surface area (Å²) in [5.74, 6) is 0. The molecular formula is C18H20ClN3O2. The average molecular weight is 346 g/mol. The molecule has 1 N–H and O–H groups in total. The van der Waals surface area contributed by atoms with Crippen molar-refractivity contribution in [3.05, 3.63) is 64.9 Å². The van der Waals surface area contributed by atoms with Gasteiger partial charge in [-0.25, -0.2) is 4.79 Å². The zero-order chi connectivity index (χ0) is 16.9. The molecule has 2 amide bonds. The van der Waals surface area contributed by atoms with Crippen molar-refractivity contribution in [3.8, 4) is 0 Å². The topological polar surface area (TPSA) is 54.5 Å². The number of nitrogens with one attached hydrogen (secondary N) is 1. The Bertz CT molecular complexity index is 696. The van der Waals surface area contributed by atoms with E-state index in [0.29, 0.717) is 24.7 Å². The van der Waals surface area contributed by atoms with E-state index < -0.39 is 0 Å². The summed E-state index contributed by atoms with van der Waals surface area (Å²) in [6.07, 6.45) is 3.28. The van der Waals surface area contributed by atoms with E-state index in [1.807, 2.05) is 43.3 Å². The third kappa shape index (κ3) is 3.86. The molecule has 1 fully saturated rings. The van der Waals surface area contributed by atoms with Gasteiger partial charge in [-0.3, -0.25) is 4.98 Å². The molecule has 0 bridgehead atoms. The molecule has 1 aromatic heterocycles. The fourth-order valence-electron chi connectivity index (χ4n) is 2.75. The Kier molecular flexibility index (Phi) is 5.33. The number of hydrogen-bond donors (Lipinski definition) is 1. The minimum atomic E-state index is -0.202.